The molecule has 3 rings (SSSR count). The smallest absolute Gasteiger partial charge is 0.174 e. The van der Waals surface area contributed by atoms with E-state index >= 15 is 0 Å². The summed E-state index contributed by atoms with van der Waals surface area (Å²) >= 11 is 9.10. The van der Waals surface area contributed by atoms with Gasteiger partial charge in [0, 0.05) is 22.5 Å². The summed E-state index contributed by atoms with van der Waals surface area (Å²) in [5, 5.41) is 4.28. The molecule has 0 spiro atoms. The van der Waals surface area contributed by atoms with E-state index in [0.29, 0.717) is 6.04 Å². The van der Waals surface area contributed by atoms with Gasteiger partial charge in [0.1, 0.15) is 6.33 Å². The van der Waals surface area contributed by atoms with E-state index in [1.165, 1.54) is 29.9 Å². The van der Waals surface area contributed by atoms with Gasteiger partial charge in [-0.3, -0.25) is 0 Å². The topological polar surface area (TPSA) is 37.8 Å². The molecule has 18 heavy (non-hydrogen) atoms. The van der Waals surface area contributed by atoms with Crippen molar-refractivity contribution in [1.29, 1.82) is 0 Å². The third-order valence-electron chi connectivity index (χ3n) is 2.73. The Hall–Kier alpha value is -0.620. The minimum absolute atomic E-state index is 0.708. The van der Waals surface area contributed by atoms with Crippen LogP contribution in [-0.2, 0) is 6.54 Å². The molecule has 0 radical (unpaired) electrons. The van der Waals surface area contributed by atoms with Gasteiger partial charge in [0.15, 0.2) is 4.34 Å². The van der Waals surface area contributed by atoms with Crippen molar-refractivity contribution in [3.8, 4) is 0 Å². The van der Waals surface area contributed by atoms with Gasteiger partial charge in [-0.2, -0.15) is 4.37 Å². The van der Waals surface area contributed by atoms with Gasteiger partial charge >= 0.3 is 0 Å². The van der Waals surface area contributed by atoms with Gasteiger partial charge in [0.2, 0.25) is 0 Å². The van der Waals surface area contributed by atoms with E-state index in [4.69, 9.17) is 11.6 Å². The zero-order chi connectivity index (χ0) is 12.4. The van der Waals surface area contributed by atoms with Crippen molar-refractivity contribution in [2.45, 2.75) is 34.7 Å². The fourth-order valence-electron chi connectivity index (χ4n) is 1.61. The molecule has 1 aliphatic rings. The largest absolute Gasteiger partial charge is 0.310 e. The average molecular weight is 298 g/mol. The van der Waals surface area contributed by atoms with Gasteiger partial charge in [-0.25, -0.2) is 4.98 Å². The van der Waals surface area contributed by atoms with E-state index in [0.717, 1.165) is 20.8 Å². The Morgan fingerprint density at radius 1 is 1.44 bits per heavy atom. The number of hydrogen-bond acceptors (Lipinski definition) is 5. The first-order valence-electron chi connectivity index (χ1n) is 5.77. The summed E-state index contributed by atoms with van der Waals surface area (Å²) in [6.45, 7) is 0.892. The van der Waals surface area contributed by atoms with Crippen LogP contribution in [0, 0.1) is 0 Å². The number of hydrogen-bond donors (Lipinski definition) is 1. The van der Waals surface area contributed by atoms with Crippen LogP contribution in [0.1, 0.15) is 18.4 Å². The van der Waals surface area contributed by atoms with E-state index < -0.39 is 0 Å². The SMILES string of the molecule is Clc1ccc(CNC2CC2)c(Sc2ncns2)c1. The number of aromatic nitrogens is 2. The maximum Gasteiger partial charge on any atom is 0.174 e. The van der Waals surface area contributed by atoms with Crippen LogP contribution < -0.4 is 5.32 Å². The quantitative estimate of drug-likeness (QED) is 0.915. The van der Waals surface area contributed by atoms with Gasteiger partial charge < -0.3 is 5.32 Å². The Bertz CT molecular complexity index is 526. The third kappa shape index (κ3) is 3.23. The molecule has 3 nitrogen and oxygen atoms in total. The molecular weight excluding hydrogens is 286 g/mol. The first-order valence-corrected chi connectivity index (χ1v) is 7.74. The lowest BCUT2D eigenvalue weighted by Gasteiger charge is -2.09. The van der Waals surface area contributed by atoms with Gasteiger partial charge in [0.25, 0.3) is 0 Å². The van der Waals surface area contributed by atoms with Gasteiger partial charge in [-0.15, -0.1) is 0 Å². The maximum absolute atomic E-state index is 6.07. The summed E-state index contributed by atoms with van der Waals surface area (Å²) in [6, 6.07) is 6.73. The molecule has 0 saturated heterocycles. The molecule has 1 fully saturated rings. The Labute approximate surface area is 119 Å². The van der Waals surface area contributed by atoms with Crippen LogP contribution in [0.3, 0.4) is 0 Å². The summed E-state index contributed by atoms with van der Waals surface area (Å²) in [6.07, 6.45) is 4.18. The van der Waals surface area contributed by atoms with Crippen LogP contribution in [0.15, 0.2) is 33.8 Å². The molecule has 1 aliphatic carbocycles. The second-order valence-electron chi connectivity index (χ2n) is 4.22. The maximum atomic E-state index is 6.07. The van der Waals surface area contributed by atoms with Crippen molar-refractivity contribution in [1.82, 2.24) is 14.7 Å². The summed E-state index contributed by atoms with van der Waals surface area (Å²) < 4.78 is 4.96. The normalized spacial score (nSPS) is 14.9. The van der Waals surface area contributed by atoms with Gasteiger partial charge in [0.05, 0.1) is 0 Å². The Kier molecular flexibility index (Phi) is 3.84. The fourth-order valence-corrected chi connectivity index (χ4v) is 3.42. The first-order chi connectivity index (χ1) is 8.81. The molecule has 0 bridgehead atoms. The third-order valence-corrected chi connectivity index (χ3v) is 4.78. The second-order valence-corrected chi connectivity index (χ2v) is 6.72. The number of nitrogens with one attached hydrogen (secondary N) is 1. The summed E-state index contributed by atoms with van der Waals surface area (Å²) in [5.74, 6) is 0. The molecule has 0 aliphatic heterocycles. The molecule has 0 atom stereocenters. The predicted molar refractivity (Wildman–Crippen MR) is 75.3 cm³/mol. The molecule has 1 N–H and O–H groups in total. The number of halogens is 1. The number of benzene rings is 1. The molecule has 1 aromatic heterocycles. The lowest BCUT2D eigenvalue weighted by atomic mass is 10.2. The van der Waals surface area contributed by atoms with Crippen LogP contribution >= 0.6 is 34.9 Å². The van der Waals surface area contributed by atoms with Gasteiger partial charge in [-0.05, 0) is 42.1 Å². The van der Waals surface area contributed by atoms with Crippen molar-refractivity contribution in [2.24, 2.45) is 0 Å². The molecule has 0 unspecified atom stereocenters. The minimum Gasteiger partial charge on any atom is -0.310 e. The standard InChI is InChI=1S/C12H12ClN3S2/c13-9-2-1-8(6-14-10-3-4-10)11(5-9)17-12-15-7-16-18-12/h1-2,5,7,10,14H,3-4,6H2. The molecule has 1 heterocycles. The highest BCUT2D eigenvalue weighted by Crippen LogP contribution is 2.33. The highest BCUT2D eigenvalue weighted by Gasteiger charge is 2.20. The Balaban J connectivity index is 1.78. The Morgan fingerprint density at radius 3 is 3.06 bits per heavy atom. The second kappa shape index (κ2) is 5.57. The van der Waals surface area contributed by atoms with E-state index in [-0.39, 0.29) is 0 Å². The van der Waals surface area contributed by atoms with Crippen LogP contribution in [0.25, 0.3) is 0 Å². The average Bonchev–Trinajstić information content (AvgIpc) is 3.05. The molecular formula is C12H12ClN3S2. The van der Waals surface area contributed by atoms with Crippen molar-refractivity contribution < 1.29 is 0 Å². The highest BCUT2D eigenvalue weighted by atomic mass is 35.5. The van der Waals surface area contributed by atoms with E-state index in [2.05, 4.69) is 20.7 Å². The molecule has 6 heteroatoms. The number of nitrogens with zero attached hydrogens (tertiary/aromatic N) is 2. The molecule has 1 aromatic carbocycles. The van der Waals surface area contributed by atoms with Crippen molar-refractivity contribution in [3.05, 3.63) is 35.1 Å². The van der Waals surface area contributed by atoms with Crippen molar-refractivity contribution in [3.63, 3.8) is 0 Å². The van der Waals surface area contributed by atoms with Gasteiger partial charge in [-0.1, -0.05) is 29.4 Å². The predicted octanol–water partition coefficient (Wildman–Crippen LogP) is 3.59. The van der Waals surface area contributed by atoms with Crippen molar-refractivity contribution >= 4 is 34.9 Å². The van der Waals surface area contributed by atoms with Crippen LogP contribution in [-0.4, -0.2) is 15.4 Å². The van der Waals surface area contributed by atoms with Crippen LogP contribution in [0.5, 0.6) is 0 Å². The lowest BCUT2D eigenvalue weighted by molar-refractivity contribution is 0.680. The number of rotatable bonds is 5. The highest BCUT2D eigenvalue weighted by molar-refractivity contribution is 8.01. The monoisotopic (exact) mass is 297 g/mol. The lowest BCUT2D eigenvalue weighted by Crippen LogP contribution is -2.15. The van der Waals surface area contributed by atoms with E-state index in [1.54, 1.807) is 18.1 Å². The van der Waals surface area contributed by atoms with Crippen LogP contribution in [0.2, 0.25) is 5.02 Å². The molecule has 1 saturated carbocycles. The molecule has 94 valence electrons. The van der Waals surface area contributed by atoms with Crippen molar-refractivity contribution in [2.75, 3.05) is 0 Å². The zero-order valence-corrected chi connectivity index (χ0v) is 12.0. The fraction of sp³-hybridized carbons (Fsp3) is 0.333. The molecule has 2 aromatic rings. The Morgan fingerprint density at radius 2 is 2.33 bits per heavy atom. The van der Waals surface area contributed by atoms with E-state index in [1.807, 2.05) is 12.1 Å². The minimum atomic E-state index is 0.708. The van der Waals surface area contributed by atoms with Crippen LogP contribution in [0.4, 0.5) is 0 Å². The first kappa shape index (κ1) is 12.4. The summed E-state index contributed by atoms with van der Waals surface area (Å²) in [7, 11) is 0. The van der Waals surface area contributed by atoms with E-state index in [9.17, 15) is 0 Å². The molecule has 0 amide bonds. The summed E-state index contributed by atoms with van der Waals surface area (Å²) in [5.41, 5.74) is 1.27. The summed E-state index contributed by atoms with van der Waals surface area (Å²) in [4.78, 5) is 5.36. The zero-order valence-electron chi connectivity index (χ0n) is 9.60.